The maximum absolute atomic E-state index is 12.8. The van der Waals surface area contributed by atoms with Crippen LogP contribution in [0.25, 0.3) is 11.1 Å². The van der Waals surface area contributed by atoms with Gasteiger partial charge in [-0.15, -0.1) is 0 Å². The zero-order valence-corrected chi connectivity index (χ0v) is 16.6. The van der Waals surface area contributed by atoms with Gasteiger partial charge in [-0.05, 0) is 53.8 Å². The van der Waals surface area contributed by atoms with Crippen LogP contribution in [0.3, 0.4) is 0 Å². The van der Waals surface area contributed by atoms with Crippen molar-refractivity contribution in [2.24, 2.45) is 5.92 Å². The summed E-state index contributed by atoms with van der Waals surface area (Å²) >= 11 is 0. The maximum atomic E-state index is 12.8. The molecule has 0 unspecified atom stereocenters. The quantitative estimate of drug-likeness (QED) is 0.899. The number of benzene rings is 2. The summed E-state index contributed by atoms with van der Waals surface area (Å²) in [5.74, 6) is 2.23. The molecule has 2 aromatic rings. The molecule has 4 nitrogen and oxygen atoms in total. The van der Waals surface area contributed by atoms with Crippen LogP contribution in [0.2, 0.25) is 0 Å². The summed E-state index contributed by atoms with van der Waals surface area (Å²) < 4.78 is 5.61. The molecule has 0 spiro atoms. The summed E-state index contributed by atoms with van der Waals surface area (Å²) in [5.41, 5.74) is 5.34. The molecule has 0 aromatic heterocycles. The smallest absolute Gasteiger partial charge is 0.251 e. The van der Waals surface area contributed by atoms with Gasteiger partial charge in [0.1, 0.15) is 5.75 Å². The lowest BCUT2D eigenvalue weighted by Gasteiger charge is -2.18. The largest absolute Gasteiger partial charge is 0.496 e. The van der Waals surface area contributed by atoms with E-state index in [1.165, 1.54) is 11.1 Å². The molecule has 1 amide bonds. The molecular weight excluding hydrogens is 336 g/mol. The van der Waals surface area contributed by atoms with Gasteiger partial charge in [0.05, 0.1) is 7.11 Å². The van der Waals surface area contributed by atoms with Crippen molar-refractivity contribution in [1.82, 2.24) is 10.2 Å². The van der Waals surface area contributed by atoms with Crippen LogP contribution in [-0.4, -0.2) is 44.6 Å². The number of likely N-dealkylation sites (N-methyl/N-ethyl adjacent to an activating group) is 1. The second kappa shape index (κ2) is 7.01. The number of fused-ring (bicyclic) bond motifs is 3. The highest BCUT2D eigenvalue weighted by atomic mass is 16.5. The van der Waals surface area contributed by atoms with E-state index in [-0.39, 0.29) is 5.91 Å². The normalized spacial score (nSPS) is 22.2. The Morgan fingerprint density at radius 2 is 1.93 bits per heavy atom. The fourth-order valence-corrected chi connectivity index (χ4v) is 4.52. The van der Waals surface area contributed by atoms with Crippen LogP contribution in [-0.2, 0) is 0 Å². The predicted octanol–water partition coefficient (Wildman–Crippen LogP) is 3.87. The number of likely N-dealkylation sites (tertiary alicyclic amines) is 1. The first-order valence-corrected chi connectivity index (χ1v) is 9.77. The fourth-order valence-electron chi connectivity index (χ4n) is 4.52. The minimum atomic E-state index is 0.0443. The van der Waals surface area contributed by atoms with E-state index in [1.54, 1.807) is 7.11 Å². The molecule has 2 aliphatic rings. The number of methoxy groups -OCH3 is 1. The number of ether oxygens (including phenoxy) is 1. The van der Waals surface area contributed by atoms with E-state index in [0.29, 0.717) is 17.8 Å². The molecule has 2 aromatic carbocycles. The van der Waals surface area contributed by atoms with Gasteiger partial charge in [0.2, 0.25) is 0 Å². The molecule has 2 heterocycles. The summed E-state index contributed by atoms with van der Waals surface area (Å²) in [5, 5.41) is 3.13. The van der Waals surface area contributed by atoms with Crippen molar-refractivity contribution >= 4 is 5.91 Å². The van der Waals surface area contributed by atoms with Gasteiger partial charge in [0, 0.05) is 36.7 Å². The second-order valence-electron chi connectivity index (χ2n) is 8.21. The Balaban J connectivity index is 1.81. The number of carbonyl (C=O) groups is 1. The molecule has 1 fully saturated rings. The van der Waals surface area contributed by atoms with Crippen molar-refractivity contribution in [1.29, 1.82) is 0 Å². The SMILES string of the molecule is COc1ccc(C(C)C)cc1-c1ccc2c(c1)C(=O)NC[C@@H]1CN(C)C[C@@H]21. The number of carbonyl (C=O) groups excluding carboxylic acids is 1. The average Bonchev–Trinajstić information content (AvgIpc) is 2.99. The van der Waals surface area contributed by atoms with Crippen LogP contribution in [0, 0.1) is 5.92 Å². The highest BCUT2D eigenvalue weighted by Crippen LogP contribution is 2.39. The zero-order valence-electron chi connectivity index (χ0n) is 16.6. The molecule has 27 heavy (non-hydrogen) atoms. The summed E-state index contributed by atoms with van der Waals surface area (Å²) in [6.07, 6.45) is 0. The van der Waals surface area contributed by atoms with Crippen LogP contribution >= 0.6 is 0 Å². The van der Waals surface area contributed by atoms with Crippen LogP contribution in [0.1, 0.15) is 47.2 Å². The Bertz CT molecular complexity index is 875. The van der Waals surface area contributed by atoms with Crippen LogP contribution in [0.4, 0.5) is 0 Å². The third kappa shape index (κ3) is 3.23. The van der Waals surface area contributed by atoms with Gasteiger partial charge in [-0.1, -0.05) is 32.0 Å². The number of rotatable bonds is 3. The Kier molecular flexibility index (Phi) is 4.68. The molecule has 0 aliphatic carbocycles. The van der Waals surface area contributed by atoms with E-state index in [1.807, 2.05) is 12.1 Å². The van der Waals surface area contributed by atoms with E-state index in [2.05, 4.69) is 55.4 Å². The lowest BCUT2D eigenvalue weighted by Crippen LogP contribution is -2.29. The fraction of sp³-hybridized carbons (Fsp3) is 0.435. The molecule has 0 radical (unpaired) electrons. The summed E-state index contributed by atoms with van der Waals surface area (Å²) in [7, 11) is 3.86. The minimum absolute atomic E-state index is 0.0443. The Labute approximate surface area is 161 Å². The Morgan fingerprint density at radius 3 is 2.67 bits per heavy atom. The zero-order chi connectivity index (χ0) is 19.1. The molecule has 4 rings (SSSR count). The second-order valence-corrected chi connectivity index (χ2v) is 8.21. The molecule has 4 heteroatoms. The number of nitrogens with one attached hydrogen (secondary N) is 1. The standard InChI is InChI=1S/C23H28N2O2/c1-14(2)15-6-8-22(27-4)19(9-15)16-5-7-18-20(10-16)23(26)24-11-17-12-25(3)13-21(17)18/h5-10,14,17,21H,11-13H2,1-4H3,(H,24,26)/t17-,21-/m1/s1. The topological polar surface area (TPSA) is 41.6 Å². The molecule has 1 N–H and O–H groups in total. The monoisotopic (exact) mass is 364 g/mol. The van der Waals surface area contributed by atoms with Gasteiger partial charge < -0.3 is 15.0 Å². The first-order valence-electron chi connectivity index (χ1n) is 9.77. The van der Waals surface area contributed by atoms with Gasteiger partial charge in [0.25, 0.3) is 5.91 Å². The summed E-state index contributed by atoms with van der Waals surface area (Å²) in [6.45, 7) is 7.18. The minimum Gasteiger partial charge on any atom is -0.496 e. The first kappa shape index (κ1) is 18.1. The van der Waals surface area contributed by atoms with Gasteiger partial charge in [-0.2, -0.15) is 0 Å². The molecular formula is C23H28N2O2. The van der Waals surface area contributed by atoms with E-state index < -0.39 is 0 Å². The van der Waals surface area contributed by atoms with Crippen molar-refractivity contribution in [3.05, 3.63) is 53.1 Å². The Morgan fingerprint density at radius 1 is 1.11 bits per heavy atom. The van der Waals surface area contributed by atoms with Crippen molar-refractivity contribution < 1.29 is 9.53 Å². The third-order valence-electron chi connectivity index (χ3n) is 6.05. The lowest BCUT2D eigenvalue weighted by atomic mass is 9.85. The van der Waals surface area contributed by atoms with Gasteiger partial charge >= 0.3 is 0 Å². The van der Waals surface area contributed by atoms with Crippen molar-refractivity contribution in [2.45, 2.75) is 25.7 Å². The highest BCUT2D eigenvalue weighted by Gasteiger charge is 2.36. The third-order valence-corrected chi connectivity index (χ3v) is 6.05. The van der Waals surface area contributed by atoms with Crippen LogP contribution < -0.4 is 10.1 Å². The van der Waals surface area contributed by atoms with Gasteiger partial charge in [-0.25, -0.2) is 0 Å². The van der Waals surface area contributed by atoms with Gasteiger partial charge in [0.15, 0.2) is 0 Å². The van der Waals surface area contributed by atoms with E-state index in [4.69, 9.17) is 4.74 Å². The molecule has 0 bridgehead atoms. The number of hydrogen-bond acceptors (Lipinski definition) is 3. The lowest BCUT2D eigenvalue weighted by molar-refractivity contribution is 0.0951. The Hall–Kier alpha value is -2.33. The number of amides is 1. The predicted molar refractivity (Wildman–Crippen MR) is 109 cm³/mol. The summed E-state index contributed by atoms with van der Waals surface area (Å²) in [6, 6.07) is 12.7. The van der Waals surface area contributed by atoms with Crippen molar-refractivity contribution in [2.75, 3.05) is 33.8 Å². The number of nitrogens with zero attached hydrogens (tertiary/aromatic N) is 1. The van der Waals surface area contributed by atoms with Gasteiger partial charge in [-0.3, -0.25) is 4.79 Å². The van der Waals surface area contributed by atoms with Crippen molar-refractivity contribution in [3.8, 4) is 16.9 Å². The van der Waals surface area contributed by atoms with Crippen LogP contribution in [0.15, 0.2) is 36.4 Å². The first-order chi connectivity index (χ1) is 13.0. The number of hydrogen-bond donors (Lipinski definition) is 1. The molecule has 2 aliphatic heterocycles. The molecule has 142 valence electrons. The van der Waals surface area contributed by atoms with E-state index in [0.717, 1.165) is 42.1 Å². The molecule has 0 saturated carbocycles. The maximum Gasteiger partial charge on any atom is 0.251 e. The summed E-state index contributed by atoms with van der Waals surface area (Å²) in [4.78, 5) is 15.1. The van der Waals surface area contributed by atoms with E-state index in [9.17, 15) is 4.79 Å². The van der Waals surface area contributed by atoms with E-state index >= 15 is 0 Å². The highest BCUT2D eigenvalue weighted by molar-refractivity contribution is 5.98. The van der Waals surface area contributed by atoms with Crippen LogP contribution in [0.5, 0.6) is 5.75 Å². The average molecular weight is 364 g/mol. The molecule has 1 saturated heterocycles. The van der Waals surface area contributed by atoms with Crippen molar-refractivity contribution in [3.63, 3.8) is 0 Å². The molecule has 2 atom stereocenters.